The lowest BCUT2D eigenvalue weighted by Gasteiger charge is -2.11. The molecule has 7 heteroatoms. The van der Waals surface area contributed by atoms with Crippen molar-refractivity contribution in [2.24, 2.45) is 0 Å². The minimum atomic E-state index is -0.580. The number of anilines is 1. The van der Waals surface area contributed by atoms with Crippen LogP contribution in [0.15, 0.2) is 48.5 Å². The molecule has 0 aliphatic carbocycles. The van der Waals surface area contributed by atoms with Gasteiger partial charge in [-0.1, -0.05) is 12.1 Å². The standard InChI is InChI=1S/C22H26N2O5/c1-15(2)28-13-16-5-7-18(8-6-16)22(27)29-14-20(25)23-19-11-9-17(10-12-19)21(26)24(3)4/h5-12,15H,13-14H2,1-4H3,(H,23,25). The third kappa shape index (κ3) is 7.04. The fourth-order valence-electron chi connectivity index (χ4n) is 2.37. The zero-order valence-corrected chi connectivity index (χ0v) is 17.1. The van der Waals surface area contributed by atoms with Gasteiger partial charge in [0.25, 0.3) is 11.8 Å². The third-order valence-corrected chi connectivity index (χ3v) is 3.93. The molecule has 0 aliphatic rings. The van der Waals surface area contributed by atoms with Gasteiger partial charge >= 0.3 is 5.97 Å². The molecular weight excluding hydrogens is 372 g/mol. The van der Waals surface area contributed by atoms with E-state index in [2.05, 4.69) is 5.32 Å². The van der Waals surface area contributed by atoms with Gasteiger partial charge in [0.2, 0.25) is 0 Å². The number of hydrogen-bond donors (Lipinski definition) is 1. The highest BCUT2D eigenvalue weighted by molar-refractivity contribution is 5.97. The van der Waals surface area contributed by atoms with E-state index < -0.39 is 18.5 Å². The van der Waals surface area contributed by atoms with Crippen molar-refractivity contribution in [3.63, 3.8) is 0 Å². The molecule has 154 valence electrons. The highest BCUT2D eigenvalue weighted by atomic mass is 16.5. The lowest BCUT2D eigenvalue weighted by atomic mass is 10.1. The molecule has 0 saturated carbocycles. The molecule has 0 heterocycles. The van der Waals surface area contributed by atoms with Crippen molar-refractivity contribution in [2.75, 3.05) is 26.0 Å². The van der Waals surface area contributed by atoms with E-state index in [0.717, 1.165) is 5.56 Å². The second kappa shape index (κ2) is 10.4. The number of amides is 2. The lowest BCUT2D eigenvalue weighted by Crippen LogP contribution is -2.22. The maximum atomic E-state index is 12.1. The Kier molecular flexibility index (Phi) is 7.91. The molecule has 2 aromatic rings. The molecule has 1 N–H and O–H groups in total. The first kappa shape index (κ1) is 22.1. The molecule has 0 aromatic heterocycles. The van der Waals surface area contributed by atoms with Crippen LogP contribution in [-0.2, 0) is 20.9 Å². The molecule has 0 unspecified atom stereocenters. The summed E-state index contributed by atoms with van der Waals surface area (Å²) < 4.78 is 10.6. The highest BCUT2D eigenvalue weighted by Gasteiger charge is 2.12. The van der Waals surface area contributed by atoms with Crippen LogP contribution in [0.2, 0.25) is 0 Å². The fraction of sp³-hybridized carbons (Fsp3) is 0.318. The van der Waals surface area contributed by atoms with Gasteiger partial charge < -0.3 is 19.7 Å². The number of ether oxygens (including phenoxy) is 2. The predicted molar refractivity (Wildman–Crippen MR) is 110 cm³/mol. The van der Waals surface area contributed by atoms with E-state index in [1.54, 1.807) is 62.6 Å². The van der Waals surface area contributed by atoms with Crippen LogP contribution < -0.4 is 5.32 Å². The molecular formula is C22H26N2O5. The summed E-state index contributed by atoms with van der Waals surface area (Å²) in [5.74, 6) is -1.17. The molecule has 2 rings (SSSR count). The van der Waals surface area contributed by atoms with Crippen LogP contribution in [0.25, 0.3) is 0 Å². The van der Waals surface area contributed by atoms with Crippen LogP contribution in [0.5, 0.6) is 0 Å². The van der Waals surface area contributed by atoms with Crippen LogP contribution in [0.4, 0.5) is 5.69 Å². The maximum Gasteiger partial charge on any atom is 0.338 e. The summed E-state index contributed by atoms with van der Waals surface area (Å²) in [6.45, 7) is 3.96. The summed E-state index contributed by atoms with van der Waals surface area (Å²) in [6.07, 6.45) is 0.128. The molecule has 0 atom stereocenters. The Hall–Kier alpha value is -3.19. The summed E-state index contributed by atoms with van der Waals surface area (Å²) >= 11 is 0. The molecule has 0 radical (unpaired) electrons. The topological polar surface area (TPSA) is 84.9 Å². The number of benzene rings is 2. The van der Waals surface area contributed by atoms with Crippen molar-refractivity contribution >= 4 is 23.5 Å². The van der Waals surface area contributed by atoms with Gasteiger partial charge in [-0.2, -0.15) is 0 Å². The van der Waals surface area contributed by atoms with Crippen LogP contribution in [0.3, 0.4) is 0 Å². The van der Waals surface area contributed by atoms with Crippen molar-refractivity contribution in [1.29, 1.82) is 0 Å². The molecule has 2 aromatic carbocycles. The first-order valence-corrected chi connectivity index (χ1v) is 9.25. The molecule has 7 nitrogen and oxygen atoms in total. The predicted octanol–water partition coefficient (Wildman–Crippen LogP) is 3.11. The van der Waals surface area contributed by atoms with Gasteiger partial charge in [-0.05, 0) is 55.8 Å². The van der Waals surface area contributed by atoms with Crippen molar-refractivity contribution in [2.45, 2.75) is 26.6 Å². The van der Waals surface area contributed by atoms with E-state index in [9.17, 15) is 14.4 Å². The van der Waals surface area contributed by atoms with Gasteiger partial charge in [0.15, 0.2) is 6.61 Å². The first-order chi connectivity index (χ1) is 13.8. The minimum absolute atomic E-state index is 0.126. The number of carbonyl (C=O) groups is 3. The van der Waals surface area contributed by atoms with E-state index in [1.807, 2.05) is 13.8 Å². The third-order valence-electron chi connectivity index (χ3n) is 3.93. The summed E-state index contributed by atoms with van der Waals surface area (Å²) in [4.78, 5) is 37.4. The number of carbonyl (C=O) groups excluding carboxylic acids is 3. The SMILES string of the molecule is CC(C)OCc1ccc(C(=O)OCC(=O)Nc2ccc(C(=O)N(C)C)cc2)cc1. The number of nitrogens with zero attached hydrogens (tertiary/aromatic N) is 1. The van der Waals surface area contributed by atoms with E-state index in [1.165, 1.54) is 4.90 Å². The zero-order valence-electron chi connectivity index (χ0n) is 17.1. The molecule has 0 bridgehead atoms. The average Bonchev–Trinajstić information content (AvgIpc) is 2.70. The van der Waals surface area contributed by atoms with Crippen LogP contribution in [0.1, 0.15) is 40.1 Å². The normalized spacial score (nSPS) is 10.5. The van der Waals surface area contributed by atoms with Gasteiger partial charge in [0.1, 0.15) is 0 Å². The molecule has 29 heavy (non-hydrogen) atoms. The second-order valence-corrected chi connectivity index (χ2v) is 6.96. The van der Waals surface area contributed by atoms with Crippen LogP contribution in [0, 0.1) is 0 Å². The van der Waals surface area contributed by atoms with Crippen LogP contribution >= 0.6 is 0 Å². The highest BCUT2D eigenvalue weighted by Crippen LogP contribution is 2.11. The molecule has 2 amide bonds. The monoisotopic (exact) mass is 398 g/mol. The van der Waals surface area contributed by atoms with Crippen molar-refractivity contribution in [3.8, 4) is 0 Å². The molecule has 0 fully saturated rings. The molecule has 0 saturated heterocycles. The van der Waals surface area contributed by atoms with Gasteiger partial charge in [-0.15, -0.1) is 0 Å². The molecule has 0 aliphatic heterocycles. The van der Waals surface area contributed by atoms with Crippen molar-refractivity contribution in [3.05, 3.63) is 65.2 Å². The Morgan fingerprint density at radius 3 is 2.07 bits per heavy atom. The summed E-state index contributed by atoms with van der Waals surface area (Å²) in [7, 11) is 3.33. The van der Waals surface area contributed by atoms with Gasteiger partial charge in [-0.3, -0.25) is 9.59 Å². The van der Waals surface area contributed by atoms with Crippen LogP contribution in [-0.4, -0.2) is 49.5 Å². The van der Waals surface area contributed by atoms with E-state index >= 15 is 0 Å². The average molecular weight is 398 g/mol. The molecule has 0 spiro atoms. The van der Waals surface area contributed by atoms with Crippen molar-refractivity contribution in [1.82, 2.24) is 4.90 Å². The van der Waals surface area contributed by atoms with E-state index in [-0.39, 0.29) is 12.0 Å². The minimum Gasteiger partial charge on any atom is -0.452 e. The zero-order chi connectivity index (χ0) is 21.4. The Morgan fingerprint density at radius 2 is 1.52 bits per heavy atom. The summed E-state index contributed by atoms with van der Waals surface area (Å²) in [6, 6.07) is 13.3. The number of hydrogen-bond acceptors (Lipinski definition) is 5. The Balaban J connectivity index is 1.82. The summed E-state index contributed by atoms with van der Waals surface area (Å²) in [5, 5.41) is 2.62. The van der Waals surface area contributed by atoms with Gasteiger partial charge in [-0.25, -0.2) is 4.79 Å². The largest absolute Gasteiger partial charge is 0.452 e. The maximum absolute atomic E-state index is 12.1. The smallest absolute Gasteiger partial charge is 0.338 e. The van der Waals surface area contributed by atoms with Gasteiger partial charge in [0.05, 0.1) is 18.3 Å². The number of nitrogens with one attached hydrogen (secondary N) is 1. The lowest BCUT2D eigenvalue weighted by molar-refractivity contribution is -0.119. The number of esters is 1. The first-order valence-electron chi connectivity index (χ1n) is 9.25. The number of rotatable bonds is 8. The quantitative estimate of drug-likeness (QED) is 0.691. The van der Waals surface area contributed by atoms with Crippen molar-refractivity contribution < 1.29 is 23.9 Å². The Labute approximate surface area is 170 Å². The van der Waals surface area contributed by atoms with E-state index in [0.29, 0.717) is 23.4 Å². The van der Waals surface area contributed by atoms with E-state index in [4.69, 9.17) is 9.47 Å². The Bertz CT molecular complexity index is 843. The fourth-order valence-corrected chi connectivity index (χ4v) is 2.37. The second-order valence-electron chi connectivity index (χ2n) is 6.96. The van der Waals surface area contributed by atoms with Gasteiger partial charge in [0, 0.05) is 25.3 Å². The summed E-state index contributed by atoms with van der Waals surface area (Å²) in [5.41, 5.74) is 2.33. The Morgan fingerprint density at radius 1 is 0.931 bits per heavy atom.